The Morgan fingerprint density at radius 1 is 1.19 bits per heavy atom. The predicted molar refractivity (Wildman–Crippen MR) is 66.5 cm³/mol. The summed E-state index contributed by atoms with van der Waals surface area (Å²) in [5, 5.41) is 0. The van der Waals surface area contributed by atoms with E-state index in [-0.39, 0.29) is 6.29 Å². The summed E-state index contributed by atoms with van der Waals surface area (Å²) in [6.45, 7) is 9.61. The lowest BCUT2D eigenvalue weighted by molar-refractivity contribution is -0.182. The van der Waals surface area contributed by atoms with E-state index in [0.29, 0.717) is 6.04 Å². The first-order valence-corrected chi connectivity index (χ1v) is 6.53. The van der Waals surface area contributed by atoms with Crippen molar-refractivity contribution < 1.29 is 9.47 Å². The van der Waals surface area contributed by atoms with Crippen molar-refractivity contribution in [1.82, 2.24) is 4.90 Å². The van der Waals surface area contributed by atoms with Gasteiger partial charge in [0.15, 0.2) is 6.29 Å². The SMILES string of the molecule is CC(C)CC(C)N(C)CCC1OCCCO1. The predicted octanol–water partition coefficient (Wildman–Crippen LogP) is 2.51. The Morgan fingerprint density at radius 3 is 2.38 bits per heavy atom. The highest BCUT2D eigenvalue weighted by Gasteiger charge is 2.17. The quantitative estimate of drug-likeness (QED) is 0.698. The monoisotopic (exact) mass is 229 g/mol. The Bertz CT molecular complexity index is 179. The zero-order valence-electron chi connectivity index (χ0n) is 11.2. The van der Waals surface area contributed by atoms with Crippen LogP contribution in [0.4, 0.5) is 0 Å². The van der Waals surface area contributed by atoms with Gasteiger partial charge in [0.25, 0.3) is 0 Å². The molecule has 1 aliphatic rings. The molecule has 0 saturated carbocycles. The van der Waals surface area contributed by atoms with E-state index in [0.717, 1.165) is 38.5 Å². The molecule has 1 unspecified atom stereocenters. The maximum Gasteiger partial charge on any atom is 0.158 e. The van der Waals surface area contributed by atoms with Crippen molar-refractivity contribution in [1.29, 1.82) is 0 Å². The second kappa shape index (κ2) is 7.25. The van der Waals surface area contributed by atoms with E-state index in [2.05, 4.69) is 32.7 Å². The normalized spacial score (nSPS) is 20.6. The molecule has 0 bridgehead atoms. The number of hydrogen-bond donors (Lipinski definition) is 0. The maximum absolute atomic E-state index is 5.54. The molecule has 3 heteroatoms. The highest BCUT2D eigenvalue weighted by Crippen LogP contribution is 2.13. The molecule has 1 atom stereocenters. The van der Waals surface area contributed by atoms with Crippen LogP contribution in [0.5, 0.6) is 0 Å². The van der Waals surface area contributed by atoms with Gasteiger partial charge < -0.3 is 14.4 Å². The van der Waals surface area contributed by atoms with Crippen LogP contribution in [0.25, 0.3) is 0 Å². The van der Waals surface area contributed by atoms with Gasteiger partial charge in [-0.25, -0.2) is 0 Å². The van der Waals surface area contributed by atoms with Gasteiger partial charge in [-0.2, -0.15) is 0 Å². The fourth-order valence-electron chi connectivity index (χ4n) is 2.09. The van der Waals surface area contributed by atoms with E-state index in [9.17, 15) is 0 Å². The van der Waals surface area contributed by atoms with Gasteiger partial charge in [-0.15, -0.1) is 0 Å². The Kier molecular flexibility index (Phi) is 6.32. The summed E-state index contributed by atoms with van der Waals surface area (Å²) in [5.74, 6) is 0.764. The van der Waals surface area contributed by atoms with Crippen LogP contribution in [0.2, 0.25) is 0 Å². The topological polar surface area (TPSA) is 21.7 Å². The molecule has 0 aromatic rings. The van der Waals surface area contributed by atoms with Crippen LogP contribution < -0.4 is 0 Å². The van der Waals surface area contributed by atoms with Crippen molar-refractivity contribution in [3.05, 3.63) is 0 Å². The van der Waals surface area contributed by atoms with Crippen molar-refractivity contribution in [3.8, 4) is 0 Å². The smallest absolute Gasteiger partial charge is 0.158 e. The van der Waals surface area contributed by atoms with Gasteiger partial charge in [0.05, 0.1) is 13.2 Å². The van der Waals surface area contributed by atoms with Crippen LogP contribution in [0.1, 0.15) is 40.0 Å². The van der Waals surface area contributed by atoms with Crippen molar-refractivity contribution >= 4 is 0 Å². The average Bonchev–Trinajstić information content (AvgIpc) is 2.26. The zero-order valence-corrected chi connectivity index (χ0v) is 11.2. The van der Waals surface area contributed by atoms with E-state index in [4.69, 9.17) is 9.47 Å². The Morgan fingerprint density at radius 2 is 1.81 bits per heavy atom. The summed E-state index contributed by atoms with van der Waals surface area (Å²) in [4.78, 5) is 2.40. The molecular weight excluding hydrogens is 202 g/mol. The average molecular weight is 229 g/mol. The fourth-order valence-corrected chi connectivity index (χ4v) is 2.09. The number of nitrogens with zero attached hydrogens (tertiary/aromatic N) is 1. The maximum atomic E-state index is 5.54. The third-order valence-corrected chi connectivity index (χ3v) is 3.18. The van der Waals surface area contributed by atoms with E-state index in [1.54, 1.807) is 0 Å². The minimum atomic E-state index is 0.0300. The Labute approximate surface area is 100 Å². The molecule has 1 aliphatic heterocycles. The lowest BCUT2D eigenvalue weighted by Gasteiger charge is -2.29. The molecule has 1 saturated heterocycles. The molecule has 1 fully saturated rings. The third kappa shape index (κ3) is 5.28. The van der Waals surface area contributed by atoms with Crippen molar-refractivity contribution in [2.75, 3.05) is 26.8 Å². The first kappa shape index (κ1) is 13.9. The van der Waals surface area contributed by atoms with Gasteiger partial charge in [-0.1, -0.05) is 13.8 Å². The van der Waals surface area contributed by atoms with Gasteiger partial charge in [0.1, 0.15) is 0 Å². The van der Waals surface area contributed by atoms with Crippen molar-refractivity contribution in [3.63, 3.8) is 0 Å². The van der Waals surface area contributed by atoms with Crippen LogP contribution >= 0.6 is 0 Å². The van der Waals surface area contributed by atoms with Crippen LogP contribution in [-0.2, 0) is 9.47 Å². The first-order valence-electron chi connectivity index (χ1n) is 6.53. The first-order chi connectivity index (χ1) is 7.59. The fraction of sp³-hybridized carbons (Fsp3) is 1.00. The molecule has 0 N–H and O–H groups in total. The number of rotatable bonds is 6. The Balaban J connectivity index is 2.15. The summed E-state index contributed by atoms with van der Waals surface area (Å²) in [7, 11) is 2.19. The highest BCUT2D eigenvalue weighted by molar-refractivity contribution is 4.66. The summed E-state index contributed by atoms with van der Waals surface area (Å²) in [6, 6.07) is 0.642. The van der Waals surface area contributed by atoms with Crippen LogP contribution in [0.3, 0.4) is 0 Å². The summed E-state index contributed by atoms with van der Waals surface area (Å²) >= 11 is 0. The molecule has 0 aliphatic carbocycles. The molecule has 96 valence electrons. The van der Waals surface area contributed by atoms with Crippen molar-refractivity contribution in [2.45, 2.75) is 52.4 Å². The van der Waals surface area contributed by atoms with Crippen LogP contribution in [-0.4, -0.2) is 44.0 Å². The Hall–Kier alpha value is -0.120. The lowest BCUT2D eigenvalue weighted by atomic mass is 10.0. The van der Waals surface area contributed by atoms with E-state index in [1.807, 2.05) is 0 Å². The van der Waals surface area contributed by atoms with Crippen LogP contribution in [0.15, 0.2) is 0 Å². The second-order valence-corrected chi connectivity index (χ2v) is 5.27. The van der Waals surface area contributed by atoms with E-state index < -0.39 is 0 Å². The van der Waals surface area contributed by atoms with Crippen molar-refractivity contribution in [2.24, 2.45) is 5.92 Å². The number of ether oxygens (including phenoxy) is 2. The van der Waals surface area contributed by atoms with Gasteiger partial charge >= 0.3 is 0 Å². The van der Waals surface area contributed by atoms with Crippen LogP contribution in [0, 0.1) is 5.92 Å². The largest absolute Gasteiger partial charge is 0.353 e. The standard InChI is InChI=1S/C13H27NO2/c1-11(2)10-12(3)14(4)7-6-13-15-8-5-9-16-13/h11-13H,5-10H2,1-4H3. The molecule has 0 aromatic heterocycles. The molecule has 1 rings (SSSR count). The number of hydrogen-bond acceptors (Lipinski definition) is 3. The lowest BCUT2D eigenvalue weighted by Crippen LogP contribution is -2.35. The molecule has 3 nitrogen and oxygen atoms in total. The molecule has 16 heavy (non-hydrogen) atoms. The van der Waals surface area contributed by atoms with E-state index >= 15 is 0 Å². The molecule has 0 aromatic carbocycles. The van der Waals surface area contributed by atoms with Gasteiger partial charge in [-0.3, -0.25) is 0 Å². The van der Waals surface area contributed by atoms with E-state index in [1.165, 1.54) is 6.42 Å². The second-order valence-electron chi connectivity index (χ2n) is 5.27. The summed E-state index contributed by atoms with van der Waals surface area (Å²) in [5.41, 5.74) is 0. The van der Waals surface area contributed by atoms with Gasteiger partial charge in [-0.05, 0) is 32.7 Å². The molecular formula is C13H27NO2. The molecule has 0 radical (unpaired) electrons. The third-order valence-electron chi connectivity index (χ3n) is 3.18. The molecule has 0 amide bonds. The van der Waals surface area contributed by atoms with Gasteiger partial charge in [0, 0.05) is 19.0 Å². The minimum Gasteiger partial charge on any atom is -0.353 e. The summed E-state index contributed by atoms with van der Waals surface area (Å²) in [6.07, 6.45) is 3.31. The minimum absolute atomic E-state index is 0.0300. The summed E-state index contributed by atoms with van der Waals surface area (Å²) < 4.78 is 11.1. The zero-order chi connectivity index (χ0) is 12.0. The molecule has 1 heterocycles. The highest BCUT2D eigenvalue weighted by atomic mass is 16.7. The van der Waals surface area contributed by atoms with Gasteiger partial charge in [0.2, 0.25) is 0 Å². The molecule has 0 spiro atoms.